The number of aryl methyl sites for hydroxylation is 2. The van der Waals surface area contributed by atoms with Gasteiger partial charge in [0.05, 0.1) is 0 Å². The van der Waals surface area contributed by atoms with Crippen LogP contribution in [0, 0.1) is 13.8 Å². The molecule has 2 aromatic rings. The average Bonchev–Trinajstić information content (AvgIpc) is 2.86. The van der Waals surface area contributed by atoms with E-state index < -0.39 is 0 Å². The Morgan fingerprint density at radius 1 is 0.684 bits per heavy atom. The van der Waals surface area contributed by atoms with Gasteiger partial charge in [-0.05, 0) is 85.0 Å². The zero-order valence-corrected chi connectivity index (χ0v) is 25.0. The number of ether oxygens (including phenoxy) is 2. The molecule has 2 aromatic carbocycles. The molecule has 0 aliphatic carbocycles. The van der Waals surface area contributed by atoms with Gasteiger partial charge in [0, 0.05) is 23.1 Å². The zero-order valence-electron chi connectivity index (χ0n) is 23.5. The smallest absolute Gasteiger partial charge is 0.257 e. The van der Waals surface area contributed by atoms with E-state index in [0.717, 1.165) is 47.9 Å². The van der Waals surface area contributed by atoms with Gasteiger partial charge in [-0.15, -0.1) is 0 Å². The summed E-state index contributed by atoms with van der Waals surface area (Å²) < 4.78 is 11.6. The summed E-state index contributed by atoms with van der Waals surface area (Å²) in [5.74, 6) is 1.61. The van der Waals surface area contributed by atoms with E-state index in [0.29, 0.717) is 34.6 Å². The van der Waals surface area contributed by atoms with Gasteiger partial charge < -0.3 is 20.1 Å². The number of unbranched alkanes of at least 4 members (excludes halogenated alkanes) is 3. The highest BCUT2D eigenvalue weighted by atomic mass is 35.5. The first-order valence-corrected chi connectivity index (χ1v) is 14.1. The SMILES string of the molecule is Cc1cc(OCC(=O)NCCCCCCNC(=O)COc2cc(C)c(Cl)cc2C(C)C)c(C(C)C)cc1Cl. The number of carbonyl (C=O) groups is 2. The number of amides is 2. The lowest BCUT2D eigenvalue weighted by Gasteiger charge is -2.16. The first-order chi connectivity index (χ1) is 18.0. The Kier molecular flexibility index (Phi) is 13.3. The predicted molar refractivity (Wildman–Crippen MR) is 156 cm³/mol. The maximum atomic E-state index is 12.2. The first kappa shape index (κ1) is 31.8. The zero-order chi connectivity index (χ0) is 28.2. The van der Waals surface area contributed by atoms with Gasteiger partial charge in [0.1, 0.15) is 11.5 Å². The van der Waals surface area contributed by atoms with Crippen LogP contribution in [0.4, 0.5) is 0 Å². The molecule has 8 heteroatoms. The third-order valence-electron chi connectivity index (χ3n) is 6.29. The van der Waals surface area contributed by atoms with E-state index in [1.165, 1.54) is 0 Å². The number of nitrogens with one attached hydrogen (secondary N) is 2. The molecular weight excluding hydrogens is 523 g/mol. The highest BCUT2D eigenvalue weighted by molar-refractivity contribution is 6.31. The minimum Gasteiger partial charge on any atom is -0.483 e. The second-order valence-electron chi connectivity index (χ2n) is 10.3. The minimum absolute atomic E-state index is 0.0247. The van der Waals surface area contributed by atoms with Crippen LogP contribution < -0.4 is 20.1 Å². The van der Waals surface area contributed by atoms with Crippen LogP contribution in [0.1, 0.15) is 87.5 Å². The summed E-state index contributed by atoms with van der Waals surface area (Å²) in [5.41, 5.74) is 3.83. The molecule has 0 aromatic heterocycles. The molecule has 0 aliphatic heterocycles. The van der Waals surface area contributed by atoms with Crippen LogP contribution in [0.25, 0.3) is 0 Å². The van der Waals surface area contributed by atoms with Crippen LogP contribution in [0.15, 0.2) is 24.3 Å². The normalized spacial score (nSPS) is 11.1. The molecule has 0 saturated heterocycles. The van der Waals surface area contributed by atoms with Gasteiger partial charge >= 0.3 is 0 Å². The average molecular weight is 566 g/mol. The Hall–Kier alpha value is -2.44. The molecule has 0 heterocycles. The number of hydrogen-bond donors (Lipinski definition) is 2. The molecule has 0 radical (unpaired) electrons. The molecule has 0 saturated carbocycles. The van der Waals surface area contributed by atoms with Gasteiger partial charge in [-0.1, -0.05) is 63.7 Å². The second kappa shape index (κ2) is 15.8. The number of rotatable bonds is 15. The van der Waals surface area contributed by atoms with Gasteiger partial charge in [-0.25, -0.2) is 0 Å². The standard InChI is InChI=1S/C30H42Cl2N2O4/c1-19(2)23-15-25(31)21(5)13-27(23)37-17-29(35)33-11-9-7-8-10-12-34-30(36)18-38-28-14-22(6)26(32)16-24(28)20(3)4/h13-16,19-20H,7-12,17-18H2,1-6H3,(H,33,35)(H,34,36). The van der Waals surface area contributed by atoms with Gasteiger partial charge in [-0.3, -0.25) is 9.59 Å². The Labute approximate surface area is 237 Å². The van der Waals surface area contributed by atoms with Crippen LogP contribution in [0.3, 0.4) is 0 Å². The van der Waals surface area contributed by atoms with Crippen LogP contribution in [0.2, 0.25) is 10.0 Å². The van der Waals surface area contributed by atoms with Gasteiger partial charge in [-0.2, -0.15) is 0 Å². The van der Waals surface area contributed by atoms with Crippen LogP contribution in [-0.4, -0.2) is 38.1 Å². The molecule has 0 spiro atoms. The van der Waals surface area contributed by atoms with Crippen molar-refractivity contribution < 1.29 is 19.1 Å². The molecule has 2 amide bonds. The van der Waals surface area contributed by atoms with Crippen LogP contribution in [-0.2, 0) is 9.59 Å². The minimum atomic E-state index is -0.143. The summed E-state index contributed by atoms with van der Waals surface area (Å²) in [6.45, 7) is 13.2. The van der Waals surface area contributed by atoms with Crippen molar-refractivity contribution in [1.82, 2.24) is 10.6 Å². The Balaban J connectivity index is 1.58. The predicted octanol–water partition coefficient (Wildman–Crippen LogP) is 7.11. The number of halogens is 2. The van der Waals surface area contributed by atoms with Crippen molar-refractivity contribution in [2.24, 2.45) is 0 Å². The van der Waals surface area contributed by atoms with E-state index >= 15 is 0 Å². The molecule has 0 bridgehead atoms. The largest absolute Gasteiger partial charge is 0.483 e. The summed E-state index contributed by atoms with van der Waals surface area (Å²) in [7, 11) is 0. The maximum Gasteiger partial charge on any atom is 0.257 e. The fourth-order valence-corrected chi connectivity index (χ4v) is 4.29. The number of carbonyl (C=O) groups excluding carboxylic acids is 2. The highest BCUT2D eigenvalue weighted by Gasteiger charge is 2.14. The molecule has 0 aliphatic rings. The molecule has 0 fully saturated rings. The Bertz CT molecular complexity index is 1000. The number of benzene rings is 2. The fourth-order valence-electron chi connectivity index (χ4n) is 3.94. The Morgan fingerprint density at radius 3 is 1.39 bits per heavy atom. The first-order valence-electron chi connectivity index (χ1n) is 13.4. The summed E-state index contributed by atoms with van der Waals surface area (Å²) in [6, 6.07) is 7.59. The fraction of sp³-hybridized carbons (Fsp3) is 0.533. The van der Waals surface area contributed by atoms with Crippen molar-refractivity contribution in [2.45, 2.75) is 79.1 Å². The summed E-state index contributed by atoms with van der Waals surface area (Å²) in [4.78, 5) is 24.4. The molecule has 6 nitrogen and oxygen atoms in total. The molecular formula is C30H42Cl2N2O4. The lowest BCUT2D eigenvalue weighted by molar-refractivity contribution is -0.123. The van der Waals surface area contributed by atoms with Crippen molar-refractivity contribution in [3.8, 4) is 11.5 Å². The number of hydrogen-bond acceptors (Lipinski definition) is 4. The monoisotopic (exact) mass is 564 g/mol. The summed E-state index contributed by atoms with van der Waals surface area (Å²) in [6.07, 6.45) is 3.66. The van der Waals surface area contributed by atoms with Gasteiger partial charge in [0.25, 0.3) is 11.8 Å². The third-order valence-corrected chi connectivity index (χ3v) is 7.11. The summed E-state index contributed by atoms with van der Waals surface area (Å²) >= 11 is 12.5. The lowest BCUT2D eigenvalue weighted by Crippen LogP contribution is -2.30. The van der Waals surface area contributed by atoms with Crippen molar-refractivity contribution in [3.05, 3.63) is 56.6 Å². The summed E-state index contributed by atoms with van der Waals surface area (Å²) in [5, 5.41) is 7.21. The molecule has 2 rings (SSSR count). The van der Waals surface area contributed by atoms with E-state index in [2.05, 4.69) is 38.3 Å². The highest BCUT2D eigenvalue weighted by Crippen LogP contribution is 2.33. The van der Waals surface area contributed by atoms with E-state index in [-0.39, 0.29) is 36.9 Å². The van der Waals surface area contributed by atoms with Crippen LogP contribution in [0.5, 0.6) is 11.5 Å². The van der Waals surface area contributed by atoms with Gasteiger partial charge in [0.2, 0.25) is 0 Å². The van der Waals surface area contributed by atoms with E-state index in [1.807, 2.05) is 38.1 Å². The van der Waals surface area contributed by atoms with Crippen molar-refractivity contribution >= 4 is 35.0 Å². The van der Waals surface area contributed by atoms with Crippen LogP contribution >= 0.6 is 23.2 Å². The molecule has 2 N–H and O–H groups in total. The lowest BCUT2D eigenvalue weighted by atomic mass is 10.0. The van der Waals surface area contributed by atoms with E-state index in [1.54, 1.807) is 0 Å². The molecule has 0 atom stereocenters. The quantitative estimate of drug-likeness (QED) is 0.226. The van der Waals surface area contributed by atoms with Crippen molar-refractivity contribution in [3.63, 3.8) is 0 Å². The second-order valence-corrected chi connectivity index (χ2v) is 11.1. The topological polar surface area (TPSA) is 76.7 Å². The molecule has 38 heavy (non-hydrogen) atoms. The van der Waals surface area contributed by atoms with Gasteiger partial charge in [0.15, 0.2) is 13.2 Å². The molecule has 210 valence electrons. The van der Waals surface area contributed by atoms with Crippen molar-refractivity contribution in [2.75, 3.05) is 26.3 Å². The maximum absolute atomic E-state index is 12.2. The van der Waals surface area contributed by atoms with Crippen molar-refractivity contribution in [1.29, 1.82) is 0 Å². The third kappa shape index (κ3) is 10.4. The Morgan fingerprint density at radius 2 is 1.05 bits per heavy atom. The van der Waals surface area contributed by atoms with E-state index in [9.17, 15) is 9.59 Å². The molecule has 0 unspecified atom stereocenters. The van der Waals surface area contributed by atoms with E-state index in [4.69, 9.17) is 32.7 Å².